The molecule has 0 fully saturated rings. The van der Waals surface area contributed by atoms with Gasteiger partial charge in [0.15, 0.2) is 5.82 Å². The summed E-state index contributed by atoms with van der Waals surface area (Å²) in [6.07, 6.45) is 0.571. The molecule has 0 aliphatic rings. The van der Waals surface area contributed by atoms with Crippen LogP contribution in [0.25, 0.3) is 0 Å². The van der Waals surface area contributed by atoms with Gasteiger partial charge < -0.3 is 9.84 Å². The number of hydrogen-bond acceptors (Lipinski definition) is 5. The van der Waals surface area contributed by atoms with Gasteiger partial charge in [0.25, 0.3) is 0 Å². The number of carbonyl (C=O) groups is 1. The third-order valence-electron chi connectivity index (χ3n) is 2.12. The predicted molar refractivity (Wildman–Crippen MR) is 63.4 cm³/mol. The number of carbonyl (C=O) groups excluding carboxylic acids is 1. The number of nitrogens with one attached hydrogen (secondary N) is 1. The van der Waals surface area contributed by atoms with Crippen LogP contribution in [0.5, 0.6) is 0 Å². The second-order valence-electron chi connectivity index (χ2n) is 3.96. The van der Waals surface area contributed by atoms with Gasteiger partial charge in [-0.25, -0.2) is 0 Å². The lowest BCUT2D eigenvalue weighted by Gasteiger charge is -2.13. The molecule has 16 heavy (non-hydrogen) atoms. The van der Waals surface area contributed by atoms with Gasteiger partial charge in [0.1, 0.15) is 0 Å². The van der Waals surface area contributed by atoms with Gasteiger partial charge in [-0.2, -0.15) is 17.6 Å². The second-order valence-corrected chi connectivity index (χ2v) is 4.52. The van der Waals surface area contributed by atoms with E-state index in [1.165, 1.54) is 0 Å². The van der Waals surface area contributed by atoms with Crippen LogP contribution in [-0.4, -0.2) is 27.8 Å². The van der Waals surface area contributed by atoms with Crippen molar-refractivity contribution in [2.24, 2.45) is 5.92 Å². The topological polar surface area (TPSA) is 68.0 Å². The molecule has 0 aliphatic heterocycles. The summed E-state index contributed by atoms with van der Waals surface area (Å²) < 4.78 is 4.82. The Kier molecular flexibility index (Phi) is 4.79. The molecule has 1 N–H and O–H groups in total. The molecule has 0 spiro atoms. The molecule has 1 atom stereocenters. The van der Waals surface area contributed by atoms with Crippen molar-refractivity contribution in [1.29, 1.82) is 0 Å². The SMILES string of the molecule is Cc1nc(CCNC(=O)C(S)C(C)C)no1. The lowest BCUT2D eigenvalue weighted by molar-refractivity contribution is -0.121. The highest BCUT2D eigenvalue weighted by molar-refractivity contribution is 7.81. The number of nitrogens with zero attached hydrogens (tertiary/aromatic N) is 2. The first kappa shape index (κ1) is 13.0. The van der Waals surface area contributed by atoms with E-state index in [2.05, 4.69) is 28.1 Å². The Balaban J connectivity index is 2.28. The van der Waals surface area contributed by atoms with E-state index in [9.17, 15) is 4.79 Å². The standard InChI is InChI=1S/C10H17N3O2S/c1-6(2)9(16)10(14)11-5-4-8-12-7(3)15-13-8/h6,9,16H,4-5H2,1-3H3,(H,11,14). The van der Waals surface area contributed by atoms with Crippen molar-refractivity contribution in [1.82, 2.24) is 15.5 Å². The van der Waals surface area contributed by atoms with E-state index in [1.807, 2.05) is 13.8 Å². The molecule has 0 saturated heterocycles. The number of aromatic nitrogens is 2. The maximum Gasteiger partial charge on any atom is 0.233 e. The lowest BCUT2D eigenvalue weighted by atomic mass is 10.1. The summed E-state index contributed by atoms with van der Waals surface area (Å²) >= 11 is 4.22. The van der Waals surface area contributed by atoms with E-state index in [0.29, 0.717) is 24.7 Å². The van der Waals surface area contributed by atoms with Gasteiger partial charge >= 0.3 is 0 Å². The molecule has 1 amide bonds. The molecule has 0 radical (unpaired) electrons. The molecular weight excluding hydrogens is 226 g/mol. The molecule has 6 heteroatoms. The van der Waals surface area contributed by atoms with Crippen molar-refractivity contribution in [3.05, 3.63) is 11.7 Å². The Hall–Kier alpha value is -1.04. The van der Waals surface area contributed by atoms with E-state index in [0.717, 1.165) is 0 Å². The van der Waals surface area contributed by atoms with Crippen LogP contribution in [0.3, 0.4) is 0 Å². The van der Waals surface area contributed by atoms with E-state index >= 15 is 0 Å². The number of aryl methyl sites for hydroxylation is 1. The highest BCUT2D eigenvalue weighted by Gasteiger charge is 2.16. The maximum absolute atomic E-state index is 11.5. The van der Waals surface area contributed by atoms with Crippen LogP contribution in [0.1, 0.15) is 25.6 Å². The van der Waals surface area contributed by atoms with Gasteiger partial charge in [-0.1, -0.05) is 19.0 Å². The Morgan fingerprint density at radius 2 is 2.25 bits per heavy atom. The van der Waals surface area contributed by atoms with E-state index in [1.54, 1.807) is 6.92 Å². The zero-order chi connectivity index (χ0) is 12.1. The largest absolute Gasteiger partial charge is 0.355 e. The summed E-state index contributed by atoms with van der Waals surface area (Å²) in [5.41, 5.74) is 0. The Bertz CT molecular complexity index is 352. The highest BCUT2D eigenvalue weighted by atomic mass is 32.1. The first-order chi connectivity index (χ1) is 7.50. The molecule has 0 bridgehead atoms. The van der Waals surface area contributed by atoms with Gasteiger partial charge in [0.2, 0.25) is 11.8 Å². The van der Waals surface area contributed by atoms with Crippen molar-refractivity contribution in [3.8, 4) is 0 Å². The van der Waals surface area contributed by atoms with Gasteiger partial charge in [-0.3, -0.25) is 4.79 Å². The summed E-state index contributed by atoms with van der Waals surface area (Å²) in [6.45, 7) is 6.15. The predicted octanol–water partition coefficient (Wildman–Crippen LogP) is 0.991. The van der Waals surface area contributed by atoms with Crippen LogP contribution in [0.4, 0.5) is 0 Å². The quantitative estimate of drug-likeness (QED) is 0.757. The van der Waals surface area contributed by atoms with Crippen LogP contribution >= 0.6 is 12.6 Å². The van der Waals surface area contributed by atoms with E-state index < -0.39 is 0 Å². The molecule has 90 valence electrons. The van der Waals surface area contributed by atoms with Crippen molar-refractivity contribution >= 4 is 18.5 Å². The molecular formula is C10H17N3O2S. The van der Waals surface area contributed by atoms with Crippen molar-refractivity contribution in [2.45, 2.75) is 32.4 Å². The summed E-state index contributed by atoms with van der Waals surface area (Å²) in [5, 5.41) is 6.25. The highest BCUT2D eigenvalue weighted by Crippen LogP contribution is 2.08. The first-order valence-electron chi connectivity index (χ1n) is 5.25. The third kappa shape index (κ3) is 3.84. The zero-order valence-electron chi connectivity index (χ0n) is 9.73. The summed E-state index contributed by atoms with van der Waals surface area (Å²) in [4.78, 5) is 15.6. The lowest BCUT2D eigenvalue weighted by Crippen LogP contribution is -2.35. The minimum Gasteiger partial charge on any atom is -0.355 e. The van der Waals surface area contributed by atoms with Gasteiger partial charge in [0.05, 0.1) is 5.25 Å². The fraction of sp³-hybridized carbons (Fsp3) is 0.700. The van der Waals surface area contributed by atoms with Crippen LogP contribution in [0.15, 0.2) is 4.52 Å². The molecule has 1 unspecified atom stereocenters. The second kappa shape index (κ2) is 5.89. The van der Waals surface area contributed by atoms with Gasteiger partial charge in [-0.15, -0.1) is 0 Å². The minimum atomic E-state index is -0.271. The number of hydrogen-bond donors (Lipinski definition) is 2. The summed E-state index contributed by atoms with van der Waals surface area (Å²) in [5.74, 6) is 1.31. The van der Waals surface area contributed by atoms with Crippen LogP contribution < -0.4 is 5.32 Å². The van der Waals surface area contributed by atoms with Crippen LogP contribution in [0.2, 0.25) is 0 Å². The average Bonchev–Trinajstić information content (AvgIpc) is 2.62. The average molecular weight is 243 g/mol. The minimum absolute atomic E-state index is 0.0569. The molecule has 1 heterocycles. The number of amides is 1. The Morgan fingerprint density at radius 3 is 2.75 bits per heavy atom. The molecule has 1 rings (SSSR count). The van der Waals surface area contributed by atoms with E-state index in [4.69, 9.17) is 4.52 Å². The first-order valence-corrected chi connectivity index (χ1v) is 5.77. The smallest absolute Gasteiger partial charge is 0.233 e. The fourth-order valence-corrected chi connectivity index (χ4v) is 1.24. The number of thiol groups is 1. The van der Waals surface area contributed by atoms with Gasteiger partial charge in [-0.05, 0) is 5.92 Å². The Labute approximate surface area is 100 Å². The van der Waals surface area contributed by atoms with Crippen LogP contribution in [0, 0.1) is 12.8 Å². The van der Waals surface area contributed by atoms with Crippen LogP contribution in [-0.2, 0) is 11.2 Å². The molecule has 0 saturated carbocycles. The van der Waals surface area contributed by atoms with Crippen molar-refractivity contribution in [3.63, 3.8) is 0 Å². The molecule has 0 aliphatic carbocycles. The normalized spacial score (nSPS) is 12.8. The maximum atomic E-state index is 11.5. The monoisotopic (exact) mass is 243 g/mol. The number of rotatable bonds is 5. The van der Waals surface area contributed by atoms with E-state index in [-0.39, 0.29) is 17.1 Å². The van der Waals surface area contributed by atoms with Gasteiger partial charge in [0, 0.05) is 19.9 Å². The fourth-order valence-electron chi connectivity index (χ4n) is 1.15. The molecule has 1 aromatic rings. The summed E-state index contributed by atoms with van der Waals surface area (Å²) in [7, 11) is 0. The van der Waals surface area contributed by atoms with Crippen molar-refractivity contribution < 1.29 is 9.32 Å². The molecule has 5 nitrogen and oxygen atoms in total. The Morgan fingerprint density at radius 1 is 1.56 bits per heavy atom. The molecule has 0 aromatic carbocycles. The van der Waals surface area contributed by atoms with Crippen molar-refractivity contribution in [2.75, 3.05) is 6.54 Å². The summed E-state index contributed by atoms with van der Waals surface area (Å²) in [6, 6.07) is 0. The third-order valence-corrected chi connectivity index (χ3v) is 2.95. The zero-order valence-corrected chi connectivity index (χ0v) is 10.6. The molecule has 1 aromatic heterocycles.